The molecule has 0 aliphatic rings. The van der Waals surface area contributed by atoms with Gasteiger partial charge in [-0.3, -0.25) is 14.4 Å². The van der Waals surface area contributed by atoms with Crippen molar-refractivity contribution in [2.75, 3.05) is 0 Å². The van der Waals surface area contributed by atoms with Crippen molar-refractivity contribution in [3.63, 3.8) is 0 Å². The van der Waals surface area contributed by atoms with Crippen LogP contribution in [0.3, 0.4) is 0 Å². The van der Waals surface area contributed by atoms with Crippen LogP contribution in [0.4, 0.5) is 0 Å². The minimum atomic E-state index is -2.78. The van der Waals surface area contributed by atoms with Crippen molar-refractivity contribution in [2.24, 2.45) is 0 Å². The molecule has 2 atom stereocenters. The van der Waals surface area contributed by atoms with Gasteiger partial charge < -0.3 is 15.3 Å². The number of aliphatic hydroxyl groups excluding tert-OH is 2. The van der Waals surface area contributed by atoms with E-state index in [0.717, 1.165) is 70.6 Å². The van der Waals surface area contributed by atoms with E-state index in [1.807, 2.05) is 0 Å². The van der Waals surface area contributed by atoms with Gasteiger partial charge in [0, 0.05) is 19.3 Å². The summed E-state index contributed by atoms with van der Waals surface area (Å²) in [5.74, 6) is -2.17. The Labute approximate surface area is 277 Å². The van der Waals surface area contributed by atoms with Crippen LogP contribution in [0.5, 0.6) is 0 Å². The van der Waals surface area contributed by atoms with Gasteiger partial charge in [0.05, 0.1) is 0 Å². The van der Waals surface area contributed by atoms with Gasteiger partial charge in [-0.2, -0.15) is 0 Å². The van der Waals surface area contributed by atoms with Crippen LogP contribution < -0.4 is 0 Å². The van der Waals surface area contributed by atoms with Gasteiger partial charge in [0.15, 0.2) is 35.2 Å². The van der Waals surface area contributed by atoms with E-state index in [0.29, 0.717) is 19.3 Å². The van der Waals surface area contributed by atoms with Crippen LogP contribution in [0.1, 0.15) is 213 Å². The zero-order valence-corrected chi connectivity index (χ0v) is 29.9. The van der Waals surface area contributed by atoms with Crippen molar-refractivity contribution in [3.8, 4) is 0 Å². The first kappa shape index (κ1) is 43.9. The Morgan fingerprint density at radius 3 is 0.889 bits per heavy atom. The lowest BCUT2D eigenvalue weighted by molar-refractivity contribution is -0.181. The predicted molar refractivity (Wildman–Crippen MR) is 188 cm³/mol. The quantitative estimate of drug-likeness (QED) is 0.0596. The monoisotopic (exact) mass is 639 g/mol. The fraction of sp³-hybridized carbons (Fsp3) is 0.923. The maximum absolute atomic E-state index is 13.3. The lowest BCUT2D eigenvalue weighted by Gasteiger charge is -2.34. The minimum Gasteiger partial charge on any atom is -0.382 e. The molecule has 0 aliphatic heterocycles. The summed E-state index contributed by atoms with van der Waals surface area (Å²) in [7, 11) is 0. The first-order valence-corrected chi connectivity index (χ1v) is 19.4. The van der Waals surface area contributed by atoms with Gasteiger partial charge in [-0.1, -0.05) is 175 Å². The second kappa shape index (κ2) is 30.2. The smallest absolute Gasteiger partial charge is 0.189 e. The second-order valence-electron chi connectivity index (χ2n) is 13.7. The number of aliphatic hydroxyl groups is 3. The number of ketones is 3. The molecule has 0 aromatic rings. The lowest BCUT2D eigenvalue weighted by atomic mass is 9.78. The molecule has 0 aliphatic carbocycles. The molecule has 0 aromatic carbocycles. The summed E-state index contributed by atoms with van der Waals surface area (Å²) in [6.45, 7) is 6.46. The number of hydrogen-bond donors (Lipinski definition) is 3. The van der Waals surface area contributed by atoms with Gasteiger partial charge in [0.2, 0.25) is 0 Å². The third kappa shape index (κ3) is 21.4. The van der Waals surface area contributed by atoms with Crippen molar-refractivity contribution < 1.29 is 29.7 Å². The van der Waals surface area contributed by atoms with E-state index in [1.54, 1.807) is 0 Å². The first-order valence-electron chi connectivity index (χ1n) is 19.4. The topological polar surface area (TPSA) is 112 Å². The summed E-state index contributed by atoms with van der Waals surface area (Å²) in [6, 6.07) is 0. The fourth-order valence-corrected chi connectivity index (χ4v) is 6.24. The molecule has 266 valence electrons. The molecule has 0 bridgehead atoms. The third-order valence-corrected chi connectivity index (χ3v) is 9.45. The molecular weight excluding hydrogens is 564 g/mol. The Kier molecular flexibility index (Phi) is 29.5. The standard InChI is InChI=1S/C39H74O6/c1-4-7-10-13-14-15-16-17-18-19-20-21-22-23-24-27-30-33-36(42)39(45,37(43)34(40)31-28-25-11-8-5-2)38(44)35(41)32-29-26-12-9-6-3/h37-38,43-45H,4-33H2,1-3H3. The Bertz CT molecular complexity index is 688. The summed E-state index contributed by atoms with van der Waals surface area (Å²) < 4.78 is 0. The molecule has 0 aromatic heterocycles. The maximum atomic E-state index is 13.3. The summed E-state index contributed by atoms with van der Waals surface area (Å²) in [5.41, 5.74) is -2.78. The van der Waals surface area contributed by atoms with Gasteiger partial charge in [-0.05, 0) is 19.3 Å². The molecule has 6 heteroatoms. The van der Waals surface area contributed by atoms with Gasteiger partial charge >= 0.3 is 0 Å². The zero-order chi connectivity index (χ0) is 33.6. The molecule has 0 saturated carbocycles. The second-order valence-corrected chi connectivity index (χ2v) is 13.7. The van der Waals surface area contributed by atoms with Crippen LogP contribution >= 0.6 is 0 Å². The molecule has 0 fully saturated rings. The maximum Gasteiger partial charge on any atom is 0.189 e. The highest BCUT2D eigenvalue weighted by Gasteiger charge is 2.53. The summed E-state index contributed by atoms with van der Waals surface area (Å²) in [4.78, 5) is 38.9. The van der Waals surface area contributed by atoms with E-state index in [9.17, 15) is 29.7 Å². The molecule has 0 amide bonds. The van der Waals surface area contributed by atoms with E-state index in [1.165, 1.54) is 83.5 Å². The number of Topliss-reactive ketones (excluding diaryl/α,β-unsaturated/α-hetero) is 3. The molecule has 6 nitrogen and oxygen atoms in total. The zero-order valence-electron chi connectivity index (χ0n) is 29.9. The molecule has 45 heavy (non-hydrogen) atoms. The number of rotatable bonds is 35. The van der Waals surface area contributed by atoms with E-state index in [4.69, 9.17) is 0 Å². The van der Waals surface area contributed by atoms with Crippen molar-refractivity contribution in [3.05, 3.63) is 0 Å². The van der Waals surface area contributed by atoms with E-state index < -0.39 is 35.2 Å². The average molecular weight is 639 g/mol. The Hall–Kier alpha value is -1.11. The van der Waals surface area contributed by atoms with Crippen LogP contribution in [0, 0.1) is 0 Å². The lowest BCUT2D eigenvalue weighted by Crippen LogP contribution is -2.63. The number of carbonyl (C=O) groups excluding carboxylic acids is 3. The highest BCUT2D eigenvalue weighted by molar-refractivity contribution is 6.01. The molecule has 0 spiro atoms. The van der Waals surface area contributed by atoms with Crippen LogP contribution in [0.2, 0.25) is 0 Å². The Morgan fingerprint density at radius 1 is 0.400 bits per heavy atom. The molecule has 2 unspecified atom stereocenters. The molecule has 0 radical (unpaired) electrons. The highest BCUT2D eigenvalue weighted by Crippen LogP contribution is 2.26. The summed E-state index contributed by atoms with van der Waals surface area (Å²) in [5, 5.41) is 33.1. The summed E-state index contributed by atoms with van der Waals surface area (Å²) in [6.07, 6.45) is 25.3. The van der Waals surface area contributed by atoms with Crippen LogP contribution in [0.25, 0.3) is 0 Å². The number of hydrogen-bond acceptors (Lipinski definition) is 6. The van der Waals surface area contributed by atoms with E-state index in [-0.39, 0.29) is 19.3 Å². The third-order valence-electron chi connectivity index (χ3n) is 9.45. The van der Waals surface area contributed by atoms with Crippen molar-refractivity contribution in [1.82, 2.24) is 0 Å². The summed E-state index contributed by atoms with van der Waals surface area (Å²) >= 11 is 0. The van der Waals surface area contributed by atoms with Crippen molar-refractivity contribution in [1.29, 1.82) is 0 Å². The first-order chi connectivity index (χ1) is 21.8. The molecule has 0 rings (SSSR count). The SMILES string of the molecule is CCCCCCCCCCCCCCCCCCCC(=O)C(O)(C(O)C(=O)CCCCCCC)C(O)C(=O)CCCCCCC. The van der Waals surface area contributed by atoms with Crippen LogP contribution in [-0.2, 0) is 14.4 Å². The van der Waals surface area contributed by atoms with Gasteiger partial charge in [0.25, 0.3) is 0 Å². The number of carbonyl (C=O) groups is 3. The Morgan fingerprint density at radius 2 is 0.622 bits per heavy atom. The predicted octanol–water partition coefficient (Wildman–Crippen LogP) is 9.91. The highest BCUT2D eigenvalue weighted by atomic mass is 16.4. The van der Waals surface area contributed by atoms with Gasteiger partial charge in [-0.15, -0.1) is 0 Å². The average Bonchev–Trinajstić information content (AvgIpc) is 3.04. The van der Waals surface area contributed by atoms with Crippen LogP contribution in [0.15, 0.2) is 0 Å². The number of unbranched alkanes of at least 4 members (excludes halogenated alkanes) is 24. The van der Waals surface area contributed by atoms with E-state index in [2.05, 4.69) is 20.8 Å². The Balaban J connectivity index is 4.56. The fourth-order valence-electron chi connectivity index (χ4n) is 6.24. The van der Waals surface area contributed by atoms with Gasteiger partial charge in [-0.25, -0.2) is 0 Å². The van der Waals surface area contributed by atoms with Crippen molar-refractivity contribution >= 4 is 17.3 Å². The molecular formula is C39H74O6. The van der Waals surface area contributed by atoms with E-state index >= 15 is 0 Å². The van der Waals surface area contributed by atoms with Crippen LogP contribution in [-0.4, -0.2) is 50.5 Å². The molecule has 0 saturated heterocycles. The molecule has 0 heterocycles. The largest absolute Gasteiger partial charge is 0.382 e. The normalized spacial score (nSPS) is 14.3. The van der Waals surface area contributed by atoms with Crippen molar-refractivity contribution in [2.45, 2.75) is 231 Å². The molecule has 3 N–H and O–H groups in total. The minimum absolute atomic E-state index is 0.0114. The van der Waals surface area contributed by atoms with Gasteiger partial charge in [0.1, 0.15) is 0 Å².